The van der Waals surface area contributed by atoms with Gasteiger partial charge in [0.25, 0.3) is 5.56 Å². The van der Waals surface area contributed by atoms with Gasteiger partial charge in [-0.3, -0.25) is 9.59 Å². The number of H-pyrrole nitrogens is 1. The molecule has 3 rings (SSSR count). The zero-order valence-electron chi connectivity index (χ0n) is 14.0. The number of piperidine rings is 1. The molecule has 6 heteroatoms. The van der Waals surface area contributed by atoms with E-state index in [2.05, 4.69) is 27.5 Å². The van der Waals surface area contributed by atoms with Gasteiger partial charge in [0, 0.05) is 24.9 Å². The molecule has 1 amide bonds. The molecule has 2 heterocycles. The quantitative estimate of drug-likeness (QED) is 0.776. The van der Waals surface area contributed by atoms with Crippen LogP contribution in [0.15, 0.2) is 29.1 Å². The van der Waals surface area contributed by atoms with Crippen molar-refractivity contribution < 1.29 is 4.79 Å². The number of hydrogen-bond acceptors (Lipinski definition) is 4. The van der Waals surface area contributed by atoms with Gasteiger partial charge in [-0.15, -0.1) is 0 Å². The van der Waals surface area contributed by atoms with E-state index in [1.165, 1.54) is 0 Å². The van der Waals surface area contributed by atoms with Gasteiger partial charge >= 0.3 is 0 Å². The molecule has 2 aromatic rings. The summed E-state index contributed by atoms with van der Waals surface area (Å²) in [5.41, 5.74) is 0.577. The Hall–Kier alpha value is -2.21. The number of carbonyl (C=O) groups excluding carboxylic acids is 1. The van der Waals surface area contributed by atoms with Crippen LogP contribution in [-0.2, 0) is 11.2 Å². The number of nitrogens with one attached hydrogen (secondary N) is 3. The smallest absolute Gasteiger partial charge is 0.258 e. The van der Waals surface area contributed by atoms with Crippen molar-refractivity contribution in [2.24, 2.45) is 0 Å². The van der Waals surface area contributed by atoms with E-state index in [0.29, 0.717) is 42.0 Å². The average Bonchev–Trinajstić information content (AvgIpc) is 2.55. The number of benzene rings is 1. The first-order valence-corrected chi connectivity index (χ1v) is 8.62. The summed E-state index contributed by atoms with van der Waals surface area (Å²) < 4.78 is 0. The second-order valence-corrected chi connectivity index (χ2v) is 6.53. The molecule has 1 aliphatic rings. The van der Waals surface area contributed by atoms with Gasteiger partial charge in [-0.1, -0.05) is 12.1 Å². The lowest BCUT2D eigenvalue weighted by Gasteiger charge is -2.28. The number of amides is 1. The van der Waals surface area contributed by atoms with Crippen molar-refractivity contribution in [2.45, 2.75) is 51.1 Å². The first-order chi connectivity index (χ1) is 11.6. The fourth-order valence-electron chi connectivity index (χ4n) is 3.23. The van der Waals surface area contributed by atoms with Crippen molar-refractivity contribution in [2.75, 3.05) is 6.54 Å². The molecular weight excluding hydrogens is 304 g/mol. The number of para-hydroxylation sites is 1. The van der Waals surface area contributed by atoms with Gasteiger partial charge in [0.15, 0.2) is 0 Å². The molecule has 2 unspecified atom stereocenters. The molecule has 0 aliphatic carbocycles. The molecule has 1 aromatic carbocycles. The maximum absolute atomic E-state index is 12.1. The predicted octanol–water partition coefficient (Wildman–Crippen LogP) is 1.50. The molecule has 1 saturated heterocycles. The Labute approximate surface area is 141 Å². The van der Waals surface area contributed by atoms with Crippen LogP contribution < -0.4 is 16.2 Å². The Kier molecular flexibility index (Phi) is 5.25. The molecular formula is C18H24N4O2. The monoisotopic (exact) mass is 328 g/mol. The largest absolute Gasteiger partial charge is 0.353 e. The first-order valence-electron chi connectivity index (χ1n) is 8.62. The SMILES string of the molecule is CC1CC(NC(=O)CCCc2nc3ccccc3c(=O)[nH]2)CCN1. The van der Waals surface area contributed by atoms with Gasteiger partial charge in [0.2, 0.25) is 5.91 Å². The molecule has 2 atom stereocenters. The van der Waals surface area contributed by atoms with Crippen LogP contribution in [0.3, 0.4) is 0 Å². The summed E-state index contributed by atoms with van der Waals surface area (Å²) in [6.45, 7) is 3.09. The van der Waals surface area contributed by atoms with Gasteiger partial charge < -0.3 is 15.6 Å². The van der Waals surface area contributed by atoms with E-state index in [1.807, 2.05) is 18.2 Å². The second-order valence-electron chi connectivity index (χ2n) is 6.53. The highest BCUT2D eigenvalue weighted by molar-refractivity contribution is 5.77. The van der Waals surface area contributed by atoms with Crippen molar-refractivity contribution in [3.63, 3.8) is 0 Å². The zero-order valence-corrected chi connectivity index (χ0v) is 14.0. The lowest BCUT2D eigenvalue weighted by Crippen LogP contribution is -2.46. The summed E-state index contributed by atoms with van der Waals surface area (Å²) in [5, 5.41) is 7.08. The third kappa shape index (κ3) is 4.20. The van der Waals surface area contributed by atoms with Crippen molar-refractivity contribution in [1.82, 2.24) is 20.6 Å². The summed E-state index contributed by atoms with van der Waals surface area (Å²) in [6, 6.07) is 8.01. The molecule has 0 saturated carbocycles. The number of fused-ring (bicyclic) bond motifs is 1. The van der Waals surface area contributed by atoms with Crippen molar-refractivity contribution in [3.8, 4) is 0 Å². The van der Waals surface area contributed by atoms with Crippen molar-refractivity contribution in [3.05, 3.63) is 40.4 Å². The molecule has 1 aromatic heterocycles. The summed E-state index contributed by atoms with van der Waals surface area (Å²) in [4.78, 5) is 31.3. The molecule has 128 valence electrons. The summed E-state index contributed by atoms with van der Waals surface area (Å²) in [6.07, 6.45) is 3.68. The van der Waals surface area contributed by atoms with E-state index >= 15 is 0 Å². The van der Waals surface area contributed by atoms with Crippen LogP contribution in [0.4, 0.5) is 0 Å². The van der Waals surface area contributed by atoms with Crippen LogP contribution in [0.5, 0.6) is 0 Å². The molecule has 0 bridgehead atoms. The van der Waals surface area contributed by atoms with E-state index in [4.69, 9.17) is 0 Å². The Morgan fingerprint density at radius 3 is 3.04 bits per heavy atom. The summed E-state index contributed by atoms with van der Waals surface area (Å²) >= 11 is 0. The minimum absolute atomic E-state index is 0.0808. The Morgan fingerprint density at radius 2 is 2.21 bits per heavy atom. The maximum Gasteiger partial charge on any atom is 0.258 e. The standard InChI is InChI=1S/C18H24N4O2/c1-12-11-13(9-10-19-12)20-17(23)8-4-7-16-21-15-6-3-2-5-14(15)18(24)22-16/h2-3,5-6,12-13,19H,4,7-11H2,1H3,(H,20,23)(H,21,22,24). The second kappa shape index (κ2) is 7.57. The normalized spacial score (nSPS) is 20.9. The fraction of sp³-hybridized carbons (Fsp3) is 0.500. The average molecular weight is 328 g/mol. The molecule has 0 radical (unpaired) electrons. The molecule has 1 aliphatic heterocycles. The third-order valence-corrected chi connectivity index (χ3v) is 4.47. The van der Waals surface area contributed by atoms with Crippen LogP contribution in [0.25, 0.3) is 10.9 Å². The lowest BCUT2D eigenvalue weighted by atomic mass is 10.0. The molecule has 6 nitrogen and oxygen atoms in total. The van der Waals surface area contributed by atoms with E-state index < -0.39 is 0 Å². The number of aromatic amines is 1. The highest BCUT2D eigenvalue weighted by atomic mass is 16.1. The number of aryl methyl sites for hydroxylation is 1. The van der Waals surface area contributed by atoms with E-state index in [-0.39, 0.29) is 17.5 Å². The summed E-state index contributed by atoms with van der Waals surface area (Å²) in [7, 11) is 0. The highest BCUT2D eigenvalue weighted by Gasteiger charge is 2.19. The van der Waals surface area contributed by atoms with E-state index in [9.17, 15) is 9.59 Å². The van der Waals surface area contributed by atoms with Crippen molar-refractivity contribution >= 4 is 16.8 Å². The predicted molar refractivity (Wildman–Crippen MR) is 93.9 cm³/mol. The molecule has 1 fully saturated rings. The van der Waals surface area contributed by atoms with Gasteiger partial charge in [0.05, 0.1) is 10.9 Å². The highest BCUT2D eigenvalue weighted by Crippen LogP contribution is 2.10. The first kappa shape index (κ1) is 16.6. The van der Waals surface area contributed by atoms with Crippen LogP contribution in [0, 0.1) is 0 Å². The Morgan fingerprint density at radius 1 is 1.38 bits per heavy atom. The topological polar surface area (TPSA) is 86.9 Å². The fourth-order valence-corrected chi connectivity index (χ4v) is 3.23. The molecule has 24 heavy (non-hydrogen) atoms. The lowest BCUT2D eigenvalue weighted by molar-refractivity contribution is -0.122. The number of hydrogen-bond donors (Lipinski definition) is 3. The minimum Gasteiger partial charge on any atom is -0.353 e. The van der Waals surface area contributed by atoms with Gasteiger partial charge in [0.1, 0.15) is 5.82 Å². The van der Waals surface area contributed by atoms with Crippen LogP contribution in [-0.4, -0.2) is 34.5 Å². The van der Waals surface area contributed by atoms with Gasteiger partial charge in [-0.05, 0) is 44.9 Å². The van der Waals surface area contributed by atoms with Crippen LogP contribution in [0.2, 0.25) is 0 Å². The number of rotatable bonds is 5. The van der Waals surface area contributed by atoms with Gasteiger partial charge in [-0.25, -0.2) is 4.98 Å². The number of aromatic nitrogens is 2. The Balaban J connectivity index is 1.51. The third-order valence-electron chi connectivity index (χ3n) is 4.47. The molecule has 0 spiro atoms. The van der Waals surface area contributed by atoms with E-state index in [0.717, 1.165) is 19.4 Å². The van der Waals surface area contributed by atoms with Gasteiger partial charge in [-0.2, -0.15) is 0 Å². The van der Waals surface area contributed by atoms with Crippen LogP contribution in [0.1, 0.15) is 38.4 Å². The number of carbonyl (C=O) groups is 1. The van der Waals surface area contributed by atoms with Crippen molar-refractivity contribution in [1.29, 1.82) is 0 Å². The van der Waals surface area contributed by atoms with Crippen LogP contribution >= 0.6 is 0 Å². The van der Waals surface area contributed by atoms with E-state index in [1.54, 1.807) is 6.07 Å². The minimum atomic E-state index is -0.122. The molecule has 3 N–H and O–H groups in total. The zero-order chi connectivity index (χ0) is 16.9. The maximum atomic E-state index is 12.1. The number of nitrogens with zero attached hydrogens (tertiary/aromatic N) is 1. The summed E-state index contributed by atoms with van der Waals surface area (Å²) in [5.74, 6) is 0.722. The Bertz CT molecular complexity index is 771.